The molecule has 0 radical (unpaired) electrons. The van der Waals surface area contributed by atoms with E-state index in [1.807, 2.05) is 39.1 Å². The van der Waals surface area contributed by atoms with Crippen molar-refractivity contribution in [2.45, 2.75) is 31.8 Å². The Bertz CT molecular complexity index is 309. The number of hydrogen-bond donors (Lipinski definition) is 3. The molecule has 1 atom stereocenters. The Morgan fingerprint density at radius 2 is 1.95 bits per heavy atom. The second kappa shape index (κ2) is 8.27. The molecule has 6 nitrogen and oxygen atoms in total. The number of carbonyl (C=O) groups excluding carboxylic acids is 1. The van der Waals surface area contributed by atoms with Gasteiger partial charge in [-0.1, -0.05) is 0 Å². The normalized spacial score (nSPS) is 13.2. The molecule has 0 bridgehead atoms. The molecule has 19 heavy (non-hydrogen) atoms. The molecule has 0 aromatic heterocycles. The standard InChI is InChI=1S/C12H25N3O3S/c1-12(2,15(3)4)8-13-11(18)14-9(10(16)17)6-7-19-5/h9H,6-8H2,1-5H3,(H,16,17)(H2,13,14,18)/t9-/m0/s1. The Kier molecular flexibility index (Phi) is 7.85. The lowest BCUT2D eigenvalue weighted by atomic mass is 10.0. The van der Waals surface area contributed by atoms with Crippen LogP contribution in [0, 0.1) is 0 Å². The highest BCUT2D eigenvalue weighted by molar-refractivity contribution is 7.98. The van der Waals surface area contributed by atoms with Gasteiger partial charge in [0, 0.05) is 12.1 Å². The molecule has 3 N–H and O–H groups in total. The summed E-state index contributed by atoms with van der Waals surface area (Å²) in [5.41, 5.74) is -0.185. The molecular formula is C12H25N3O3S. The zero-order valence-electron chi connectivity index (χ0n) is 12.3. The molecule has 0 saturated heterocycles. The van der Waals surface area contributed by atoms with Crippen LogP contribution in [0.15, 0.2) is 0 Å². The quantitative estimate of drug-likeness (QED) is 0.617. The van der Waals surface area contributed by atoms with Gasteiger partial charge in [-0.2, -0.15) is 11.8 Å². The highest BCUT2D eigenvalue weighted by Gasteiger charge is 2.23. The molecule has 2 amide bonds. The fourth-order valence-corrected chi connectivity index (χ4v) is 1.63. The summed E-state index contributed by atoms with van der Waals surface area (Å²) in [4.78, 5) is 24.7. The third-order valence-electron chi connectivity index (χ3n) is 3.11. The van der Waals surface area contributed by atoms with Crippen LogP contribution >= 0.6 is 11.8 Å². The van der Waals surface area contributed by atoms with E-state index in [9.17, 15) is 9.59 Å². The van der Waals surface area contributed by atoms with Crippen LogP contribution in [0.4, 0.5) is 4.79 Å². The Morgan fingerprint density at radius 1 is 1.37 bits per heavy atom. The molecule has 7 heteroatoms. The van der Waals surface area contributed by atoms with Crippen molar-refractivity contribution in [2.75, 3.05) is 32.6 Å². The van der Waals surface area contributed by atoms with Gasteiger partial charge in [-0.3, -0.25) is 0 Å². The van der Waals surface area contributed by atoms with E-state index in [0.29, 0.717) is 18.7 Å². The van der Waals surface area contributed by atoms with E-state index in [1.165, 1.54) is 0 Å². The molecule has 0 aliphatic rings. The van der Waals surface area contributed by atoms with Gasteiger partial charge in [0.1, 0.15) is 6.04 Å². The first-order valence-corrected chi connectivity index (χ1v) is 7.53. The largest absolute Gasteiger partial charge is 0.480 e. The number of carboxylic acid groups (broad SMARTS) is 1. The predicted octanol–water partition coefficient (Wildman–Crippen LogP) is 0.832. The first kappa shape index (κ1) is 18.0. The molecule has 0 aliphatic heterocycles. The van der Waals surface area contributed by atoms with E-state index < -0.39 is 18.0 Å². The van der Waals surface area contributed by atoms with E-state index >= 15 is 0 Å². The van der Waals surface area contributed by atoms with Crippen molar-refractivity contribution in [1.82, 2.24) is 15.5 Å². The van der Waals surface area contributed by atoms with E-state index in [0.717, 1.165) is 0 Å². The van der Waals surface area contributed by atoms with E-state index in [1.54, 1.807) is 11.8 Å². The lowest BCUT2D eigenvalue weighted by molar-refractivity contribution is -0.139. The zero-order chi connectivity index (χ0) is 15.1. The van der Waals surface area contributed by atoms with Crippen molar-refractivity contribution >= 4 is 23.8 Å². The summed E-state index contributed by atoms with van der Waals surface area (Å²) in [6.07, 6.45) is 2.32. The molecule has 0 unspecified atom stereocenters. The zero-order valence-corrected chi connectivity index (χ0v) is 13.1. The number of urea groups is 1. The monoisotopic (exact) mass is 291 g/mol. The smallest absolute Gasteiger partial charge is 0.326 e. The van der Waals surface area contributed by atoms with Crippen LogP contribution < -0.4 is 10.6 Å². The van der Waals surface area contributed by atoms with Crippen molar-refractivity contribution in [3.63, 3.8) is 0 Å². The number of amides is 2. The highest BCUT2D eigenvalue weighted by atomic mass is 32.2. The van der Waals surface area contributed by atoms with Crippen molar-refractivity contribution < 1.29 is 14.7 Å². The molecule has 0 aromatic rings. The average Bonchev–Trinajstić information content (AvgIpc) is 2.31. The summed E-state index contributed by atoms with van der Waals surface area (Å²) >= 11 is 1.55. The molecule has 0 aliphatic carbocycles. The lowest BCUT2D eigenvalue weighted by Crippen LogP contribution is -2.53. The second-order valence-electron chi connectivity index (χ2n) is 5.21. The Hall–Kier alpha value is -0.950. The van der Waals surface area contributed by atoms with Crippen molar-refractivity contribution in [3.8, 4) is 0 Å². The number of nitrogens with one attached hydrogen (secondary N) is 2. The molecular weight excluding hydrogens is 266 g/mol. The van der Waals surface area contributed by atoms with Gasteiger partial charge in [0.2, 0.25) is 0 Å². The third-order valence-corrected chi connectivity index (χ3v) is 3.75. The maximum Gasteiger partial charge on any atom is 0.326 e. The van der Waals surface area contributed by atoms with E-state index in [4.69, 9.17) is 5.11 Å². The first-order valence-electron chi connectivity index (χ1n) is 6.14. The lowest BCUT2D eigenvalue weighted by Gasteiger charge is -2.32. The van der Waals surface area contributed by atoms with Crippen LogP contribution in [0.25, 0.3) is 0 Å². The summed E-state index contributed by atoms with van der Waals surface area (Å²) in [5.74, 6) is -0.309. The number of aliphatic carboxylic acids is 1. The van der Waals surface area contributed by atoms with Crippen LogP contribution in [-0.4, -0.2) is 66.2 Å². The summed E-state index contributed by atoms with van der Waals surface area (Å²) in [5, 5.41) is 14.2. The van der Waals surface area contributed by atoms with Crippen molar-refractivity contribution in [3.05, 3.63) is 0 Å². The number of carboxylic acids is 1. The van der Waals surface area contributed by atoms with Gasteiger partial charge < -0.3 is 20.6 Å². The SMILES string of the molecule is CSCC[C@H](NC(=O)NCC(C)(C)N(C)C)C(=O)O. The Labute approximate surface area is 119 Å². The minimum absolute atomic E-state index is 0.185. The van der Waals surface area contributed by atoms with Crippen LogP contribution in [0.2, 0.25) is 0 Å². The number of rotatable bonds is 8. The third kappa shape index (κ3) is 7.27. The fourth-order valence-electron chi connectivity index (χ4n) is 1.16. The molecule has 112 valence electrons. The van der Waals surface area contributed by atoms with Gasteiger partial charge >= 0.3 is 12.0 Å². The predicted molar refractivity (Wildman–Crippen MR) is 78.7 cm³/mol. The fraction of sp³-hybridized carbons (Fsp3) is 0.833. The number of hydrogen-bond acceptors (Lipinski definition) is 4. The summed E-state index contributed by atoms with van der Waals surface area (Å²) in [6.45, 7) is 4.44. The van der Waals surface area contributed by atoms with Gasteiger partial charge in [0.15, 0.2) is 0 Å². The van der Waals surface area contributed by atoms with Crippen LogP contribution in [-0.2, 0) is 4.79 Å². The summed E-state index contributed by atoms with van der Waals surface area (Å²) < 4.78 is 0. The summed E-state index contributed by atoms with van der Waals surface area (Å²) in [7, 11) is 3.86. The molecule has 0 aromatic carbocycles. The molecule has 0 saturated carbocycles. The highest BCUT2D eigenvalue weighted by Crippen LogP contribution is 2.07. The Balaban J connectivity index is 4.24. The van der Waals surface area contributed by atoms with Gasteiger partial charge in [-0.15, -0.1) is 0 Å². The second-order valence-corrected chi connectivity index (χ2v) is 6.19. The molecule has 0 spiro atoms. The Morgan fingerprint density at radius 3 is 2.37 bits per heavy atom. The van der Waals surface area contributed by atoms with Gasteiger partial charge in [0.25, 0.3) is 0 Å². The van der Waals surface area contributed by atoms with Gasteiger partial charge in [-0.05, 0) is 46.4 Å². The minimum Gasteiger partial charge on any atom is -0.480 e. The maximum absolute atomic E-state index is 11.7. The van der Waals surface area contributed by atoms with Crippen LogP contribution in [0.5, 0.6) is 0 Å². The number of likely N-dealkylation sites (N-methyl/N-ethyl adjacent to an activating group) is 1. The number of nitrogens with zero attached hydrogens (tertiary/aromatic N) is 1. The molecule has 0 rings (SSSR count). The number of thioether (sulfide) groups is 1. The number of carbonyl (C=O) groups is 2. The summed E-state index contributed by atoms with van der Waals surface area (Å²) in [6, 6.07) is -1.28. The topological polar surface area (TPSA) is 81.7 Å². The molecule has 0 heterocycles. The average molecular weight is 291 g/mol. The minimum atomic E-state index is -1.00. The van der Waals surface area contributed by atoms with Gasteiger partial charge in [-0.25, -0.2) is 9.59 Å². The van der Waals surface area contributed by atoms with Crippen LogP contribution in [0.1, 0.15) is 20.3 Å². The maximum atomic E-state index is 11.7. The van der Waals surface area contributed by atoms with E-state index in [2.05, 4.69) is 10.6 Å². The van der Waals surface area contributed by atoms with Crippen molar-refractivity contribution in [1.29, 1.82) is 0 Å². The first-order chi connectivity index (χ1) is 8.70. The molecule has 0 fully saturated rings. The van der Waals surface area contributed by atoms with E-state index in [-0.39, 0.29) is 5.54 Å². The van der Waals surface area contributed by atoms with Gasteiger partial charge in [0.05, 0.1) is 0 Å². The van der Waals surface area contributed by atoms with Crippen LogP contribution in [0.3, 0.4) is 0 Å². The van der Waals surface area contributed by atoms with Crippen molar-refractivity contribution in [2.24, 2.45) is 0 Å².